The average Bonchev–Trinajstić information content (AvgIpc) is 2.40. The van der Waals surface area contributed by atoms with Gasteiger partial charge >= 0.3 is 0 Å². The van der Waals surface area contributed by atoms with Crippen LogP contribution in [-0.2, 0) is 4.74 Å². The Bertz CT molecular complexity index is 348. The molecule has 0 amide bonds. The Labute approximate surface area is 103 Å². The summed E-state index contributed by atoms with van der Waals surface area (Å²) >= 11 is 0. The molecule has 1 N–H and O–H groups in total. The number of pyridine rings is 1. The quantitative estimate of drug-likeness (QED) is 0.867. The minimum absolute atomic E-state index is 0.432. The Morgan fingerprint density at radius 3 is 2.88 bits per heavy atom. The smallest absolute Gasteiger partial charge is 0.127 e. The summed E-state index contributed by atoms with van der Waals surface area (Å²) in [6, 6.07) is 4.20. The van der Waals surface area contributed by atoms with Crippen molar-refractivity contribution in [1.29, 1.82) is 0 Å². The summed E-state index contributed by atoms with van der Waals surface area (Å²) in [4.78, 5) is 6.69. The van der Waals surface area contributed by atoms with Crippen molar-refractivity contribution >= 4 is 11.5 Å². The Kier molecular flexibility index (Phi) is 4.20. The lowest BCUT2D eigenvalue weighted by Gasteiger charge is -2.33. The van der Waals surface area contributed by atoms with Gasteiger partial charge in [0.15, 0.2) is 0 Å². The Hall–Kier alpha value is -1.29. The van der Waals surface area contributed by atoms with E-state index in [2.05, 4.69) is 34.3 Å². The van der Waals surface area contributed by atoms with Crippen LogP contribution in [0.1, 0.15) is 19.8 Å². The Morgan fingerprint density at radius 2 is 2.24 bits per heavy atom. The van der Waals surface area contributed by atoms with Crippen LogP contribution in [0.5, 0.6) is 0 Å². The van der Waals surface area contributed by atoms with Gasteiger partial charge in [0.05, 0.1) is 6.10 Å². The van der Waals surface area contributed by atoms with Gasteiger partial charge in [-0.2, -0.15) is 0 Å². The lowest BCUT2D eigenvalue weighted by molar-refractivity contribution is 0.0819. The van der Waals surface area contributed by atoms with Crippen molar-refractivity contribution in [2.75, 3.05) is 37.0 Å². The third-order valence-electron chi connectivity index (χ3n) is 3.24. The molecule has 0 saturated carbocycles. The van der Waals surface area contributed by atoms with Gasteiger partial charge in [-0.1, -0.05) is 0 Å². The summed E-state index contributed by atoms with van der Waals surface area (Å²) in [5.41, 5.74) is 1.26. The first-order chi connectivity index (χ1) is 8.33. The molecule has 1 aromatic heterocycles. The van der Waals surface area contributed by atoms with Crippen LogP contribution >= 0.6 is 0 Å². The van der Waals surface area contributed by atoms with Gasteiger partial charge < -0.3 is 15.0 Å². The van der Waals surface area contributed by atoms with E-state index in [0.29, 0.717) is 6.10 Å². The minimum Gasteiger partial charge on any atom is -0.381 e. The van der Waals surface area contributed by atoms with E-state index >= 15 is 0 Å². The molecule has 1 fully saturated rings. The largest absolute Gasteiger partial charge is 0.381 e. The maximum Gasteiger partial charge on any atom is 0.127 e. The average molecular weight is 235 g/mol. The Morgan fingerprint density at radius 1 is 1.47 bits per heavy atom. The number of methoxy groups -OCH3 is 1. The SMILES string of the molecule is CCNc1cc(N2CCC(OC)CC2)ccn1. The van der Waals surface area contributed by atoms with Gasteiger partial charge in [-0.25, -0.2) is 4.98 Å². The molecule has 0 unspecified atom stereocenters. The third-order valence-corrected chi connectivity index (χ3v) is 3.24. The lowest BCUT2D eigenvalue weighted by atomic mass is 10.1. The highest BCUT2D eigenvalue weighted by Gasteiger charge is 2.18. The van der Waals surface area contributed by atoms with Gasteiger partial charge in [0.1, 0.15) is 5.82 Å². The van der Waals surface area contributed by atoms with Crippen LogP contribution in [0, 0.1) is 0 Å². The van der Waals surface area contributed by atoms with E-state index in [9.17, 15) is 0 Å². The maximum atomic E-state index is 5.39. The first-order valence-corrected chi connectivity index (χ1v) is 6.31. The first-order valence-electron chi connectivity index (χ1n) is 6.31. The molecular formula is C13H21N3O. The highest BCUT2D eigenvalue weighted by Crippen LogP contribution is 2.22. The molecule has 0 spiro atoms. The predicted octanol–water partition coefficient (Wildman–Crippen LogP) is 2.13. The molecule has 4 nitrogen and oxygen atoms in total. The molecule has 0 bridgehead atoms. The number of aromatic nitrogens is 1. The molecule has 4 heteroatoms. The summed E-state index contributed by atoms with van der Waals surface area (Å²) in [5.74, 6) is 0.957. The van der Waals surface area contributed by atoms with Gasteiger partial charge in [-0.15, -0.1) is 0 Å². The summed E-state index contributed by atoms with van der Waals surface area (Å²) in [6.07, 6.45) is 4.52. The van der Waals surface area contributed by atoms with E-state index in [-0.39, 0.29) is 0 Å². The summed E-state index contributed by atoms with van der Waals surface area (Å²) < 4.78 is 5.39. The standard InChI is InChI=1S/C13H21N3O/c1-3-14-13-10-11(4-7-15-13)16-8-5-12(17-2)6-9-16/h4,7,10,12H,3,5-6,8-9H2,1-2H3,(H,14,15). The van der Waals surface area contributed by atoms with Gasteiger partial charge in [0.25, 0.3) is 0 Å². The zero-order valence-corrected chi connectivity index (χ0v) is 10.6. The molecule has 0 atom stereocenters. The molecule has 2 rings (SSSR count). The van der Waals surface area contributed by atoms with Crippen LogP contribution in [0.15, 0.2) is 18.3 Å². The second-order valence-electron chi connectivity index (χ2n) is 4.35. The van der Waals surface area contributed by atoms with Crippen LogP contribution in [0.25, 0.3) is 0 Å². The topological polar surface area (TPSA) is 37.4 Å². The van der Waals surface area contributed by atoms with Crippen molar-refractivity contribution in [3.05, 3.63) is 18.3 Å². The molecule has 2 heterocycles. The highest BCUT2D eigenvalue weighted by atomic mass is 16.5. The fourth-order valence-corrected chi connectivity index (χ4v) is 2.24. The van der Waals surface area contributed by atoms with Crippen molar-refractivity contribution in [1.82, 2.24) is 4.98 Å². The summed E-state index contributed by atoms with van der Waals surface area (Å²) in [5, 5.41) is 3.24. The fourth-order valence-electron chi connectivity index (χ4n) is 2.24. The molecule has 17 heavy (non-hydrogen) atoms. The predicted molar refractivity (Wildman–Crippen MR) is 70.6 cm³/mol. The summed E-state index contributed by atoms with van der Waals surface area (Å²) in [6.45, 7) is 5.11. The van der Waals surface area contributed by atoms with Crippen molar-refractivity contribution in [2.45, 2.75) is 25.9 Å². The van der Waals surface area contributed by atoms with E-state index in [1.54, 1.807) is 7.11 Å². The number of nitrogens with one attached hydrogen (secondary N) is 1. The second-order valence-corrected chi connectivity index (χ2v) is 4.35. The van der Waals surface area contributed by atoms with E-state index in [1.165, 1.54) is 5.69 Å². The third kappa shape index (κ3) is 3.09. The van der Waals surface area contributed by atoms with Crippen LogP contribution in [-0.4, -0.2) is 37.8 Å². The molecule has 94 valence electrons. The van der Waals surface area contributed by atoms with Crippen LogP contribution in [0.3, 0.4) is 0 Å². The van der Waals surface area contributed by atoms with Crippen LogP contribution in [0.2, 0.25) is 0 Å². The van der Waals surface area contributed by atoms with Crippen molar-refractivity contribution in [2.24, 2.45) is 0 Å². The Balaban J connectivity index is 2.00. The van der Waals surface area contributed by atoms with E-state index < -0.39 is 0 Å². The monoisotopic (exact) mass is 235 g/mol. The van der Waals surface area contributed by atoms with Crippen molar-refractivity contribution < 1.29 is 4.74 Å². The molecule has 0 radical (unpaired) electrons. The zero-order valence-electron chi connectivity index (χ0n) is 10.6. The molecule has 0 aromatic carbocycles. The minimum atomic E-state index is 0.432. The zero-order chi connectivity index (χ0) is 12.1. The lowest BCUT2D eigenvalue weighted by Crippen LogP contribution is -2.36. The molecule has 1 aliphatic rings. The first kappa shape index (κ1) is 12.2. The molecule has 1 saturated heterocycles. The number of rotatable bonds is 4. The van der Waals surface area contributed by atoms with E-state index in [1.807, 2.05) is 6.20 Å². The summed E-state index contributed by atoms with van der Waals surface area (Å²) in [7, 11) is 1.80. The van der Waals surface area contributed by atoms with E-state index in [0.717, 1.165) is 38.3 Å². The van der Waals surface area contributed by atoms with Gasteiger partial charge in [0.2, 0.25) is 0 Å². The molecule has 1 aliphatic heterocycles. The normalized spacial score (nSPS) is 17.2. The van der Waals surface area contributed by atoms with Gasteiger partial charge in [-0.05, 0) is 25.8 Å². The number of hydrogen-bond acceptors (Lipinski definition) is 4. The number of piperidine rings is 1. The van der Waals surface area contributed by atoms with Crippen LogP contribution in [0.4, 0.5) is 11.5 Å². The highest BCUT2D eigenvalue weighted by molar-refractivity contribution is 5.54. The fraction of sp³-hybridized carbons (Fsp3) is 0.615. The van der Waals surface area contributed by atoms with E-state index in [4.69, 9.17) is 4.74 Å². The molecular weight excluding hydrogens is 214 g/mol. The second kappa shape index (κ2) is 5.87. The maximum absolute atomic E-state index is 5.39. The van der Waals surface area contributed by atoms with Crippen LogP contribution < -0.4 is 10.2 Å². The van der Waals surface area contributed by atoms with Crippen molar-refractivity contribution in [3.63, 3.8) is 0 Å². The number of hydrogen-bond donors (Lipinski definition) is 1. The number of anilines is 2. The van der Waals surface area contributed by atoms with Crippen molar-refractivity contribution in [3.8, 4) is 0 Å². The van der Waals surface area contributed by atoms with Gasteiger partial charge in [0, 0.05) is 44.7 Å². The number of nitrogens with zero attached hydrogens (tertiary/aromatic N) is 2. The molecule has 1 aromatic rings. The van der Waals surface area contributed by atoms with Gasteiger partial charge in [-0.3, -0.25) is 0 Å². The molecule has 0 aliphatic carbocycles. The number of ether oxygens (including phenoxy) is 1.